The Balaban J connectivity index is 0.000000686. The second-order valence-corrected chi connectivity index (χ2v) is 4.18. The number of hydrogen-bond donors (Lipinski definition) is 0. The summed E-state index contributed by atoms with van der Waals surface area (Å²) in [5.41, 5.74) is 2.71. The van der Waals surface area contributed by atoms with Crippen molar-refractivity contribution in [1.82, 2.24) is 4.90 Å². The maximum atomic E-state index is 11.5. The van der Waals surface area contributed by atoms with Gasteiger partial charge in [0.1, 0.15) is 0 Å². The zero-order chi connectivity index (χ0) is 12.8. The highest BCUT2D eigenvalue weighted by molar-refractivity contribution is 5.74. The molecular formula is C15H23NO. The zero-order valence-electron chi connectivity index (χ0n) is 11.4. The molecule has 0 N–H and O–H groups in total. The van der Waals surface area contributed by atoms with Gasteiger partial charge in [-0.1, -0.05) is 45.0 Å². The summed E-state index contributed by atoms with van der Waals surface area (Å²) in [5.74, 6) is 0.191. The fraction of sp³-hybridized carbons (Fsp3) is 0.533. The number of carbonyl (C=O) groups is 1. The highest BCUT2D eigenvalue weighted by Gasteiger charge is 2.25. The van der Waals surface area contributed by atoms with Crippen LogP contribution in [0.5, 0.6) is 0 Å². The number of rotatable bonds is 1. The van der Waals surface area contributed by atoms with Crippen LogP contribution in [0.25, 0.3) is 0 Å². The molecule has 1 heterocycles. The Morgan fingerprint density at radius 1 is 1.29 bits per heavy atom. The van der Waals surface area contributed by atoms with Crippen LogP contribution in [0.2, 0.25) is 0 Å². The molecule has 1 amide bonds. The van der Waals surface area contributed by atoms with Crippen LogP contribution in [-0.4, -0.2) is 16.8 Å². The quantitative estimate of drug-likeness (QED) is 0.728. The number of fused-ring (bicyclic) bond motifs is 1. The molecule has 17 heavy (non-hydrogen) atoms. The predicted molar refractivity (Wildman–Crippen MR) is 71.8 cm³/mol. The fourth-order valence-corrected chi connectivity index (χ4v) is 2.32. The van der Waals surface area contributed by atoms with Crippen molar-refractivity contribution in [3.8, 4) is 0 Å². The predicted octanol–water partition coefficient (Wildman–Crippen LogP) is 3.40. The number of amides is 1. The summed E-state index contributed by atoms with van der Waals surface area (Å²) in [6.45, 7) is 8.59. The minimum atomic E-state index is 0.191. The third-order valence-corrected chi connectivity index (χ3v) is 3.23. The van der Waals surface area contributed by atoms with Gasteiger partial charge in [-0.25, -0.2) is 0 Å². The lowest BCUT2D eigenvalue weighted by Crippen LogP contribution is -2.42. The van der Waals surface area contributed by atoms with E-state index in [1.54, 1.807) is 6.92 Å². The highest BCUT2D eigenvalue weighted by Crippen LogP contribution is 2.24. The van der Waals surface area contributed by atoms with E-state index < -0.39 is 0 Å². The topological polar surface area (TPSA) is 20.3 Å². The Morgan fingerprint density at radius 2 is 1.88 bits per heavy atom. The van der Waals surface area contributed by atoms with E-state index in [9.17, 15) is 4.79 Å². The third kappa shape index (κ3) is 3.09. The van der Waals surface area contributed by atoms with Gasteiger partial charge in [-0.15, -0.1) is 0 Å². The number of carbonyl (C=O) groups excluding carboxylic acids is 1. The first-order valence-electron chi connectivity index (χ1n) is 6.56. The number of benzene rings is 1. The number of hydrogen-bond acceptors (Lipinski definition) is 1. The van der Waals surface area contributed by atoms with Gasteiger partial charge in [-0.05, 0) is 24.0 Å². The summed E-state index contributed by atoms with van der Waals surface area (Å²) in [6.07, 6.45) is 2.04. The first kappa shape index (κ1) is 13.8. The molecule has 0 bridgehead atoms. The van der Waals surface area contributed by atoms with Gasteiger partial charge >= 0.3 is 0 Å². The van der Waals surface area contributed by atoms with Crippen LogP contribution in [0.15, 0.2) is 24.3 Å². The van der Waals surface area contributed by atoms with E-state index >= 15 is 0 Å². The second-order valence-electron chi connectivity index (χ2n) is 4.18. The normalized spacial score (nSPS) is 17.9. The van der Waals surface area contributed by atoms with Crippen LogP contribution in [0.1, 0.15) is 45.2 Å². The van der Waals surface area contributed by atoms with Gasteiger partial charge in [0.25, 0.3) is 0 Å². The molecule has 1 atom stereocenters. The molecule has 1 aliphatic rings. The molecule has 0 saturated carbocycles. The Labute approximate surface area is 105 Å². The zero-order valence-corrected chi connectivity index (χ0v) is 11.4. The molecule has 1 aromatic rings. The van der Waals surface area contributed by atoms with Crippen LogP contribution >= 0.6 is 0 Å². The second kappa shape index (κ2) is 6.43. The van der Waals surface area contributed by atoms with Gasteiger partial charge < -0.3 is 4.90 Å². The summed E-state index contributed by atoms with van der Waals surface area (Å²) in [7, 11) is 0. The van der Waals surface area contributed by atoms with E-state index in [0.717, 1.165) is 19.4 Å². The van der Waals surface area contributed by atoms with Gasteiger partial charge in [0.05, 0.1) is 0 Å². The lowest BCUT2D eigenvalue weighted by molar-refractivity contribution is -0.132. The maximum absolute atomic E-state index is 11.5. The minimum Gasteiger partial charge on any atom is -0.335 e. The van der Waals surface area contributed by atoms with Crippen molar-refractivity contribution in [2.24, 2.45) is 0 Å². The lowest BCUT2D eigenvalue weighted by atomic mass is 9.93. The van der Waals surface area contributed by atoms with E-state index in [2.05, 4.69) is 25.1 Å². The van der Waals surface area contributed by atoms with Crippen LogP contribution in [-0.2, 0) is 17.8 Å². The molecule has 0 spiro atoms. The first-order chi connectivity index (χ1) is 8.22. The molecule has 0 radical (unpaired) electrons. The van der Waals surface area contributed by atoms with Gasteiger partial charge in [-0.3, -0.25) is 4.79 Å². The van der Waals surface area contributed by atoms with Crippen LogP contribution in [0.3, 0.4) is 0 Å². The monoisotopic (exact) mass is 233 g/mol. The van der Waals surface area contributed by atoms with Crippen molar-refractivity contribution in [3.05, 3.63) is 35.4 Å². The Hall–Kier alpha value is -1.31. The summed E-state index contributed by atoms with van der Waals surface area (Å²) >= 11 is 0. The van der Waals surface area contributed by atoms with Crippen molar-refractivity contribution < 1.29 is 4.79 Å². The summed E-state index contributed by atoms with van der Waals surface area (Å²) in [4.78, 5) is 13.5. The van der Waals surface area contributed by atoms with Gasteiger partial charge in [0.2, 0.25) is 5.91 Å². The van der Waals surface area contributed by atoms with E-state index in [1.807, 2.05) is 24.8 Å². The standard InChI is InChI=1S/C13H17NO.C2H6/c1-3-13-8-11-6-4-5-7-12(11)9-14(13)10(2)15;1-2/h4-7,13H,3,8-9H2,1-2H3;1-2H3. The first-order valence-corrected chi connectivity index (χ1v) is 6.56. The van der Waals surface area contributed by atoms with Crippen molar-refractivity contribution in [2.75, 3.05) is 0 Å². The average Bonchev–Trinajstić information content (AvgIpc) is 2.39. The molecule has 2 nitrogen and oxygen atoms in total. The number of nitrogens with zero attached hydrogens (tertiary/aromatic N) is 1. The summed E-state index contributed by atoms with van der Waals surface area (Å²) < 4.78 is 0. The van der Waals surface area contributed by atoms with Crippen molar-refractivity contribution in [1.29, 1.82) is 0 Å². The van der Waals surface area contributed by atoms with Crippen LogP contribution in [0.4, 0.5) is 0 Å². The molecule has 0 fully saturated rings. The molecular weight excluding hydrogens is 210 g/mol. The van der Waals surface area contributed by atoms with Gasteiger partial charge in [0.15, 0.2) is 0 Å². The Morgan fingerprint density at radius 3 is 2.41 bits per heavy atom. The molecule has 94 valence electrons. The molecule has 1 aromatic carbocycles. The minimum absolute atomic E-state index is 0.191. The molecule has 1 unspecified atom stereocenters. The van der Waals surface area contributed by atoms with Gasteiger partial charge in [-0.2, -0.15) is 0 Å². The third-order valence-electron chi connectivity index (χ3n) is 3.23. The van der Waals surface area contributed by atoms with Crippen LogP contribution in [0, 0.1) is 0 Å². The van der Waals surface area contributed by atoms with Crippen molar-refractivity contribution >= 4 is 5.91 Å². The molecule has 0 aromatic heterocycles. The lowest BCUT2D eigenvalue weighted by Gasteiger charge is -2.35. The van der Waals surface area contributed by atoms with E-state index in [-0.39, 0.29) is 5.91 Å². The molecule has 0 aliphatic carbocycles. The highest BCUT2D eigenvalue weighted by atomic mass is 16.2. The maximum Gasteiger partial charge on any atom is 0.220 e. The Bertz CT molecular complexity index is 373. The van der Waals surface area contributed by atoms with E-state index in [0.29, 0.717) is 6.04 Å². The average molecular weight is 233 g/mol. The largest absolute Gasteiger partial charge is 0.335 e. The smallest absolute Gasteiger partial charge is 0.220 e. The summed E-state index contributed by atoms with van der Waals surface area (Å²) in [5, 5.41) is 0. The molecule has 1 aliphatic heterocycles. The SMILES string of the molecule is CC.CCC1Cc2ccccc2CN1C(C)=O. The van der Waals surface area contributed by atoms with Crippen LogP contribution < -0.4 is 0 Å². The molecule has 2 rings (SSSR count). The van der Waals surface area contributed by atoms with Gasteiger partial charge in [0, 0.05) is 19.5 Å². The van der Waals surface area contributed by atoms with E-state index in [1.165, 1.54) is 11.1 Å². The van der Waals surface area contributed by atoms with E-state index in [4.69, 9.17) is 0 Å². The summed E-state index contributed by atoms with van der Waals surface area (Å²) in [6, 6.07) is 8.81. The van der Waals surface area contributed by atoms with Crippen molar-refractivity contribution in [3.63, 3.8) is 0 Å². The Kier molecular flexibility index (Phi) is 5.20. The fourth-order valence-electron chi connectivity index (χ4n) is 2.32. The molecule has 0 saturated heterocycles. The molecule has 2 heteroatoms. The van der Waals surface area contributed by atoms with Crippen molar-refractivity contribution in [2.45, 2.75) is 53.1 Å².